The minimum Gasteiger partial charge on any atom is -0.352 e. The van der Waals surface area contributed by atoms with Gasteiger partial charge in [-0.1, -0.05) is 0 Å². The van der Waals surface area contributed by atoms with Crippen molar-refractivity contribution in [3.05, 3.63) is 29.3 Å². The van der Waals surface area contributed by atoms with Gasteiger partial charge in [0.1, 0.15) is 0 Å². The van der Waals surface area contributed by atoms with Crippen LogP contribution in [0.25, 0.3) is 0 Å². The number of nitrogens with one attached hydrogen (secondary N) is 2. The SMILES string of the molecule is NC1(C(=O)NC2CCC(CC(=O)Nc3cc(C(F)(F)F)cc(C(F)(F)F)c3)CC2)CC1. The molecule has 0 aromatic heterocycles. The molecule has 172 valence electrons. The summed E-state index contributed by atoms with van der Waals surface area (Å²) in [6.45, 7) is 0. The van der Waals surface area contributed by atoms with Crippen molar-refractivity contribution in [1.29, 1.82) is 0 Å². The predicted molar refractivity (Wildman–Crippen MR) is 99.7 cm³/mol. The topological polar surface area (TPSA) is 84.2 Å². The molecule has 31 heavy (non-hydrogen) atoms. The Morgan fingerprint density at radius 2 is 1.45 bits per heavy atom. The van der Waals surface area contributed by atoms with E-state index in [2.05, 4.69) is 10.6 Å². The minimum absolute atomic E-state index is 0.0122. The molecule has 11 heteroatoms. The van der Waals surface area contributed by atoms with Crippen molar-refractivity contribution in [2.75, 3.05) is 5.32 Å². The van der Waals surface area contributed by atoms with Crippen LogP contribution in [0.2, 0.25) is 0 Å². The van der Waals surface area contributed by atoms with Crippen LogP contribution < -0.4 is 16.4 Å². The Bertz CT molecular complexity index is 808. The van der Waals surface area contributed by atoms with Gasteiger partial charge in [0.2, 0.25) is 11.8 Å². The summed E-state index contributed by atoms with van der Waals surface area (Å²) in [6.07, 6.45) is -6.22. The summed E-state index contributed by atoms with van der Waals surface area (Å²) in [6, 6.07) is 0.934. The number of benzene rings is 1. The third-order valence-corrected chi connectivity index (χ3v) is 5.77. The minimum atomic E-state index is -4.98. The summed E-state index contributed by atoms with van der Waals surface area (Å²) in [7, 11) is 0. The lowest BCUT2D eigenvalue weighted by atomic mass is 9.83. The van der Waals surface area contributed by atoms with Gasteiger partial charge in [-0.15, -0.1) is 0 Å². The van der Waals surface area contributed by atoms with E-state index in [-0.39, 0.29) is 30.4 Å². The summed E-state index contributed by atoms with van der Waals surface area (Å²) in [5.41, 5.74) is 1.56. The number of rotatable bonds is 5. The molecule has 0 radical (unpaired) electrons. The molecule has 2 saturated carbocycles. The molecule has 4 N–H and O–H groups in total. The van der Waals surface area contributed by atoms with Gasteiger partial charge >= 0.3 is 12.4 Å². The monoisotopic (exact) mass is 451 g/mol. The van der Waals surface area contributed by atoms with E-state index < -0.39 is 40.6 Å². The molecular weight excluding hydrogens is 428 g/mol. The van der Waals surface area contributed by atoms with Gasteiger partial charge in [-0.2, -0.15) is 26.3 Å². The number of nitrogens with two attached hydrogens (primary N) is 1. The van der Waals surface area contributed by atoms with E-state index in [0.717, 1.165) is 0 Å². The first-order valence-electron chi connectivity index (χ1n) is 9.95. The van der Waals surface area contributed by atoms with E-state index in [1.807, 2.05) is 0 Å². The lowest BCUT2D eigenvalue weighted by Gasteiger charge is -2.29. The maximum atomic E-state index is 12.9. The molecule has 0 atom stereocenters. The molecule has 2 fully saturated rings. The molecule has 2 aliphatic carbocycles. The summed E-state index contributed by atoms with van der Waals surface area (Å²) >= 11 is 0. The number of anilines is 1. The highest BCUT2D eigenvalue weighted by molar-refractivity contribution is 5.91. The molecule has 0 bridgehead atoms. The maximum absolute atomic E-state index is 12.9. The Hall–Kier alpha value is -2.30. The van der Waals surface area contributed by atoms with Gasteiger partial charge in [0, 0.05) is 18.2 Å². The van der Waals surface area contributed by atoms with Crippen LogP contribution in [-0.2, 0) is 21.9 Å². The molecule has 0 aliphatic heterocycles. The van der Waals surface area contributed by atoms with Crippen LogP contribution in [0.3, 0.4) is 0 Å². The molecule has 3 rings (SSSR count). The van der Waals surface area contributed by atoms with Gasteiger partial charge in [0.05, 0.1) is 16.7 Å². The maximum Gasteiger partial charge on any atom is 0.416 e. The van der Waals surface area contributed by atoms with Crippen molar-refractivity contribution in [2.45, 2.75) is 68.9 Å². The third kappa shape index (κ3) is 6.11. The van der Waals surface area contributed by atoms with Crippen molar-refractivity contribution in [3.63, 3.8) is 0 Å². The van der Waals surface area contributed by atoms with Crippen LogP contribution >= 0.6 is 0 Å². The zero-order valence-corrected chi connectivity index (χ0v) is 16.5. The molecule has 2 amide bonds. The highest BCUT2D eigenvalue weighted by Gasteiger charge is 2.46. The number of amides is 2. The molecule has 0 spiro atoms. The number of carbonyl (C=O) groups is 2. The third-order valence-electron chi connectivity index (χ3n) is 5.77. The average Bonchev–Trinajstić information content (AvgIpc) is 3.40. The average molecular weight is 451 g/mol. The van der Waals surface area contributed by atoms with Gasteiger partial charge in [0.25, 0.3) is 0 Å². The molecule has 0 heterocycles. The van der Waals surface area contributed by atoms with E-state index in [1.54, 1.807) is 0 Å². The number of alkyl halides is 6. The Balaban J connectivity index is 1.55. The Labute approximate surface area is 174 Å². The molecule has 0 saturated heterocycles. The van der Waals surface area contributed by atoms with E-state index in [0.29, 0.717) is 50.7 Å². The summed E-state index contributed by atoms with van der Waals surface area (Å²) in [4.78, 5) is 24.2. The van der Waals surface area contributed by atoms with E-state index in [9.17, 15) is 35.9 Å². The van der Waals surface area contributed by atoms with Crippen LogP contribution in [0.4, 0.5) is 32.0 Å². The van der Waals surface area contributed by atoms with Crippen molar-refractivity contribution >= 4 is 17.5 Å². The first-order chi connectivity index (χ1) is 14.3. The fourth-order valence-corrected chi connectivity index (χ4v) is 3.70. The number of carbonyl (C=O) groups excluding carboxylic acids is 2. The second-order valence-electron chi connectivity index (χ2n) is 8.39. The number of hydrogen-bond acceptors (Lipinski definition) is 3. The van der Waals surface area contributed by atoms with Crippen LogP contribution in [0, 0.1) is 5.92 Å². The Morgan fingerprint density at radius 1 is 0.935 bits per heavy atom. The normalized spacial score (nSPS) is 23.2. The molecule has 0 unspecified atom stereocenters. The zero-order valence-electron chi connectivity index (χ0n) is 16.5. The lowest BCUT2D eigenvalue weighted by Crippen LogP contribution is -2.48. The Kier molecular flexibility index (Phi) is 6.28. The zero-order chi connectivity index (χ0) is 23.0. The van der Waals surface area contributed by atoms with Crippen molar-refractivity contribution in [3.8, 4) is 0 Å². The molecule has 2 aliphatic rings. The van der Waals surface area contributed by atoms with Gasteiger partial charge in [-0.25, -0.2) is 0 Å². The fourth-order valence-electron chi connectivity index (χ4n) is 3.70. The highest BCUT2D eigenvalue weighted by atomic mass is 19.4. The predicted octanol–water partition coefficient (Wildman–Crippen LogP) is 4.22. The van der Waals surface area contributed by atoms with Gasteiger partial charge < -0.3 is 16.4 Å². The van der Waals surface area contributed by atoms with E-state index in [1.165, 1.54) is 0 Å². The first-order valence-corrected chi connectivity index (χ1v) is 9.95. The van der Waals surface area contributed by atoms with Crippen LogP contribution in [0.1, 0.15) is 56.1 Å². The second kappa shape index (κ2) is 8.33. The van der Waals surface area contributed by atoms with Crippen molar-refractivity contribution < 1.29 is 35.9 Å². The smallest absolute Gasteiger partial charge is 0.352 e. The molecule has 5 nitrogen and oxygen atoms in total. The van der Waals surface area contributed by atoms with Crippen molar-refractivity contribution in [2.24, 2.45) is 11.7 Å². The standard InChI is InChI=1S/C20H23F6N3O2/c21-19(22,23)12-8-13(20(24,25)26)10-15(9-12)28-16(30)7-11-1-3-14(4-2-11)29-17(31)18(27)5-6-18/h8-11,14H,1-7,27H2,(H,28,30)(H,29,31). The van der Waals surface area contributed by atoms with Gasteiger partial charge in [-0.3, -0.25) is 9.59 Å². The quantitative estimate of drug-likeness (QED) is 0.587. The highest BCUT2D eigenvalue weighted by Crippen LogP contribution is 2.38. The van der Waals surface area contributed by atoms with Crippen molar-refractivity contribution in [1.82, 2.24) is 5.32 Å². The van der Waals surface area contributed by atoms with Crippen LogP contribution in [0.5, 0.6) is 0 Å². The van der Waals surface area contributed by atoms with E-state index >= 15 is 0 Å². The molecule has 1 aromatic rings. The summed E-state index contributed by atoms with van der Waals surface area (Å²) in [5, 5.41) is 5.06. The summed E-state index contributed by atoms with van der Waals surface area (Å²) in [5.74, 6) is -0.911. The van der Waals surface area contributed by atoms with Gasteiger partial charge in [-0.05, 0) is 62.6 Å². The van der Waals surface area contributed by atoms with Crippen LogP contribution in [0.15, 0.2) is 18.2 Å². The number of halogens is 6. The van der Waals surface area contributed by atoms with Crippen LogP contribution in [-0.4, -0.2) is 23.4 Å². The molecule has 1 aromatic carbocycles. The van der Waals surface area contributed by atoms with Gasteiger partial charge in [0.15, 0.2) is 0 Å². The molecular formula is C20H23F6N3O2. The first kappa shape index (κ1) is 23.4. The Morgan fingerprint density at radius 3 is 1.90 bits per heavy atom. The largest absolute Gasteiger partial charge is 0.416 e. The fraction of sp³-hybridized carbons (Fsp3) is 0.600. The lowest BCUT2D eigenvalue weighted by molar-refractivity contribution is -0.143. The van der Waals surface area contributed by atoms with E-state index in [4.69, 9.17) is 5.73 Å². The number of hydrogen-bond donors (Lipinski definition) is 3. The summed E-state index contributed by atoms with van der Waals surface area (Å²) < 4.78 is 77.6. The second-order valence-corrected chi connectivity index (χ2v) is 8.39.